The Hall–Kier alpha value is -4.90. The van der Waals surface area contributed by atoms with Crippen LogP contribution in [0.1, 0.15) is 16.9 Å². The number of rotatable bonds is 9. The van der Waals surface area contributed by atoms with Gasteiger partial charge in [0.15, 0.2) is 0 Å². The number of pyridine rings is 1. The van der Waals surface area contributed by atoms with E-state index in [1.165, 1.54) is 18.3 Å². The van der Waals surface area contributed by atoms with Crippen LogP contribution in [0.25, 0.3) is 21.9 Å². The van der Waals surface area contributed by atoms with Gasteiger partial charge in [-0.05, 0) is 55.5 Å². The number of fused-ring (bicyclic) bond motifs is 2. The Balaban J connectivity index is 1.49. The lowest BCUT2D eigenvalue weighted by Crippen LogP contribution is -2.35. The zero-order valence-electron chi connectivity index (χ0n) is 20.9. The zero-order chi connectivity index (χ0) is 27.7. The molecule has 0 aliphatic rings. The lowest BCUT2D eigenvalue weighted by molar-refractivity contribution is -0.135. The fourth-order valence-electron chi connectivity index (χ4n) is 4.38. The van der Waals surface area contributed by atoms with E-state index < -0.39 is 22.5 Å². The molecule has 2 aromatic heterocycles. The molecule has 0 spiro atoms. The molecule has 39 heavy (non-hydrogen) atoms. The maximum absolute atomic E-state index is 13.8. The summed E-state index contributed by atoms with van der Waals surface area (Å²) in [6, 6.07) is 20.1. The minimum atomic E-state index is -4.29. The van der Waals surface area contributed by atoms with Crippen LogP contribution in [0.3, 0.4) is 0 Å². The van der Waals surface area contributed by atoms with Gasteiger partial charge in [0.25, 0.3) is 10.0 Å². The number of furan rings is 1. The monoisotopic (exact) mass is 543 g/mol. The summed E-state index contributed by atoms with van der Waals surface area (Å²) in [5, 5.41) is 21.8. The summed E-state index contributed by atoms with van der Waals surface area (Å²) in [6.45, 7) is 1.48. The van der Waals surface area contributed by atoms with E-state index >= 15 is 0 Å². The molecule has 0 aliphatic carbocycles. The van der Waals surface area contributed by atoms with E-state index in [1.54, 1.807) is 48.5 Å². The van der Waals surface area contributed by atoms with Gasteiger partial charge in [-0.15, -0.1) is 0 Å². The maximum atomic E-state index is 13.8. The summed E-state index contributed by atoms with van der Waals surface area (Å²) in [5.41, 5.74) is 8.65. The summed E-state index contributed by atoms with van der Waals surface area (Å²) < 4.78 is 34.5. The van der Waals surface area contributed by atoms with Crippen molar-refractivity contribution in [2.75, 3.05) is 16.2 Å². The second kappa shape index (κ2) is 10.1. The highest BCUT2D eigenvalue weighted by Crippen LogP contribution is 2.33. The van der Waals surface area contributed by atoms with Gasteiger partial charge in [-0.1, -0.05) is 18.2 Å². The Kier molecular flexibility index (Phi) is 6.67. The molecular weight excluding hydrogens is 518 g/mol. The van der Waals surface area contributed by atoms with Crippen molar-refractivity contribution in [2.24, 2.45) is 5.73 Å². The summed E-state index contributed by atoms with van der Waals surface area (Å²) in [7, 11) is -4.29. The smallest absolute Gasteiger partial charge is 0.324 e. The number of nitrogens with zero attached hydrogens (tertiary/aromatic N) is 2. The Labute approximate surface area is 224 Å². The highest BCUT2D eigenvalue weighted by atomic mass is 32.2. The number of para-hydroxylation sites is 1. The van der Waals surface area contributed by atoms with E-state index in [0.717, 1.165) is 20.9 Å². The van der Waals surface area contributed by atoms with Crippen LogP contribution in [0.4, 0.5) is 11.4 Å². The van der Waals surface area contributed by atoms with Crippen LogP contribution in [-0.2, 0) is 21.4 Å². The number of carboxylic acids is 1. The topological polar surface area (TPSA) is 163 Å². The Bertz CT molecular complexity index is 1830. The third-order valence-corrected chi connectivity index (χ3v) is 8.21. The van der Waals surface area contributed by atoms with Crippen LogP contribution < -0.4 is 15.4 Å². The van der Waals surface area contributed by atoms with Crippen molar-refractivity contribution in [2.45, 2.75) is 18.4 Å². The van der Waals surface area contributed by atoms with Gasteiger partial charge >= 0.3 is 5.97 Å². The van der Waals surface area contributed by atoms with E-state index in [-0.39, 0.29) is 21.9 Å². The van der Waals surface area contributed by atoms with Gasteiger partial charge in [0.05, 0.1) is 17.7 Å². The molecule has 5 aromatic rings. The first-order valence-electron chi connectivity index (χ1n) is 11.9. The van der Waals surface area contributed by atoms with Gasteiger partial charge in [0.2, 0.25) is 0 Å². The van der Waals surface area contributed by atoms with Crippen LogP contribution in [-0.4, -0.2) is 36.9 Å². The molecular formula is C28H25N5O5S. The number of nitrogen functional groups attached to an aromatic ring is 1. The van der Waals surface area contributed by atoms with Gasteiger partial charge in [-0.2, -0.15) is 0 Å². The van der Waals surface area contributed by atoms with Gasteiger partial charge in [-0.25, -0.2) is 8.42 Å². The lowest BCUT2D eigenvalue weighted by Gasteiger charge is -2.23. The van der Waals surface area contributed by atoms with Crippen molar-refractivity contribution in [1.29, 1.82) is 5.41 Å². The second-order valence-electron chi connectivity index (χ2n) is 8.91. The van der Waals surface area contributed by atoms with E-state index in [2.05, 4.69) is 10.3 Å². The van der Waals surface area contributed by atoms with E-state index in [4.69, 9.17) is 15.6 Å². The number of carbonyl (C=O) groups is 1. The molecule has 5 rings (SSSR count). The van der Waals surface area contributed by atoms with Crippen molar-refractivity contribution in [3.8, 4) is 0 Å². The number of amidine groups is 1. The lowest BCUT2D eigenvalue weighted by atomic mass is 10.1. The predicted molar refractivity (Wildman–Crippen MR) is 150 cm³/mol. The molecule has 0 bridgehead atoms. The van der Waals surface area contributed by atoms with Crippen LogP contribution in [0.5, 0.6) is 0 Å². The normalized spacial score (nSPS) is 11.5. The molecule has 0 atom stereocenters. The molecule has 0 saturated heterocycles. The fraction of sp³-hybridized carbons (Fsp3) is 0.107. The van der Waals surface area contributed by atoms with E-state index in [1.807, 2.05) is 19.1 Å². The number of anilines is 2. The van der Waals surface area contributed by atoms with Gasteiger partial charge in [0, 0.05) is 39.8 Å². The highest BCUT2D eigenvalue weighted by Gasteiger charge is 2.30. The number of carboxylic acid groups (broad SMARTS) is 1. The number of sulfonamides is 1. The van der Waals surface area contributed by atoms with Crippen molar-refractivity contribution >= 4 is 55.1 Å². The number of benzene rings is 3. The second-order valence-corrected chi connectivity index (χ2v) is 10.7. The Morgan fingerprint density at radius 1 is 1.10 bits per heavy atom. The molecule has 5 N–H and O–H groups in total. The first kappa shape index (κ1) is 25.7. The molecule has 0 unspecified atom stereocenters. The number of aliphatic carboxylic acids is 1. The number of nitrogens with one attached hydrogen (secondary N) is 2. The number of aromatic nitrogens is 1. The minimum absolute atomic E-state index is 0.0128. The summed E-state index contributed by atoms with van der Waals surface area (Å²) in [4.78, 5) is 15.9. The summed E-state index contributed by atoms with van der Waals surface area (Å²) in [6.07, 6.45) is 1.49. The highest BCUT2D eigenvalue weighted by molar-refractivity contribution is 7.93. The van der Waals surface area contributed by atoms with Crippen LogP contribution in [0, 0.1) is 12.3 Å². The Morgan fingerprint density at radius 2 is 1.85 bits per heavy atom. The van der Waals surface area contributed by atoms with Crippen LogP contribution in [0.2, 0.25) is 0 Å². The van der Waals surface area contributed by atoms with Crippen LogP contribution >= 0.6 is 0 Å². The average Bonchev–Trinajstić information content (AvgIpc) is 3.24. The quantitative estimate of drug-likeness (QED) is 0.156. The van der Waals surface area contributed by atoms with Crippen molar-refractivity contribution < 1.29 is 22.7 Å². The number of aryl methyl sites for hydroxylation is 1. The Morgan fingerprint density at radius 3 is 2.56 bits per heavy atom. The van der Waals surface area contributed by atoms with Gasteiger partial charge in [-0.3, -0.25) is 19.5 Å². The minimum Gasteiger partial charge on any atom is -0.480 e. The molecule has 0 radical (unpaired) electrons. The van der Waals surface area contributed by atoms with Crippen molar-refractivity contribution in [1.82, 2.24) is 4.98 Å². The predicted octanol–water partition coefficient (Wildman–Crippen LogP) is 4.47. The third-order valence-electron chi connectivity index (χ3n) is 6.40. The SMILES string of the molecule is Cc1c(CNc2ccc(C(=N)N)cc2)oc2cc(N(CC(=O)O)S(=O)(=O)c3cccc4cccnc34)ccc12. The number of hydrogen-bond acceptors (Lipinski definition) is 7. The summed E-state index contributed by atoms with van der Waals surface area (Å²) in [5.74, 6) is -0.673. The van der Waals surface area contributed by atoms with Crippen molar-refractivity contribution in [3.63, 3.8) is 0 Å². The maximum Gasteiger partial charge on any atom is 0.324 e. The molecule has 3 aromatic carbocycles. The zero-order valence-corrected chi connectivity index (χ0v) is 21.7. The van der Waals surface area contributed by atoms with Gasteiger partial charge < -0.3 is 20.6 Å². The molecule has 0 fully saturated rings. The molecule has 0 aliphatic heterocycles. The van der Waals surface area contributed by atoms with Gasteiger partial charge in [0.1, 0.15) is 28.6 Å². The third kappa shape index (κ3) is 4.99. The molecule has 0 amide bonds. The molecule has 0 saturated carbocycles. The molecule has 198 valence electrons. The number of nitrogens with two attached hydrogens (primary N) is 1. The molecule has 11 heteroatoms. The summed E-state index contributed by atoms with van der Waals surface area (Å²) >= 11 is 0. The first-order valence-corrected chi connectivity index (χ1v) is 13.4. The van der Waals surface area contributed by atoms with E-state index in [0.29, 0.717) is 28.8 Å². The average molecular weight is 544 g/mol. The molecule has 10 nitrogen and oxygen atoms in total. The largest absolute Gasteiger partial charge is 0.480 e. The number of hydrogen-bond donors (Lipinski definition) is 4. The van der Waals surface area contributed by atoms with Crippen molar-refractivity contribution in [3.05, 3.63) is 95.9 Å². The first-order chi connectivity index (χ1) is 18.6. The van der Waals surface area contributed by atoms with Crippen LogP contribution in [0.15, 0.2) is 88.3 Å². The standard InChI is InChI=1S/C28H25N5O5S/c1-17-22-12-11-21(14-23(22)38-24(17)15-32-20-9-7-19(8-10-20)28(29)30)33(16-26(34)35)39(36,37)25-6-2-4-18-5-3-13-31-27(18)25/h2-14,32H,15-16H2,1H3,(H3,29,30)(H,34,35). The molecule has 2 heterocycles. The van der Waals surface area contributed by atoms with E-state index in [9.17, 15) is 18.3 Å². The fourth-order valence-corrected chi connectivity index (χ4v) is 5.95.